The third kappa shape index (κ3) is 48.1. The van der Waals surface area contributed by atoms with Crippen molar-refractivity contribution in [3.8, 4) is 0 Å². The van der Waals surface area contributed by atoms with Crippen LogP contribution in [0.1, 0.15) is 309 Å². The number of ether oxygens (including phenoxy) is 1. The lowest BCUT2D eigenvalue weighted by molar-refractivity contribution is -0.143. The lowest BCUT2D eigenvalue weighted by Gasteiger charge is -2.22. The second kappa shape index (κ2) is 52.2. The van der Waals surface area contributed by atoms with E-state index >= 15 is 0 Å². The molecule has 0 spiro atoms. The molecule has 6 nitrogen and oxygen atoms in total. The van der Waals surface area contributed by atoms with Gasteiger partial charge in [0.25, 0.3) is 0 Å². The van der Waals surface area contributed by atoms with E-state index in [0.29, 0.717) is 25.9 Å². The smallest absolute Gasteiger partial charge is 0.305 e. The number of hydrogen-bond donors (Lipinski definition) is 3. The first-order valence-electron chi connectivity index (χ1n) is 27.9. The van der Waals surface area contributed by atoms with Crippen molar-refractivity contribution >= 4 is 11.9 Å². The molecule has 0 aliphatic heterocycles. The average molecular weight is 876 g/mol. The van der Waals surface area contributed by atoms with Crippen molar-refractivity contribution in [1.82, 2.24) is 5.32 Å². The van der Waals surface area contributed by atoms with Gasteiger partial charge in [0, 0.05) is 12.8 Å². The second-order valence-corrected chi connectivity index (χ2v) is 19.3. The topological polar surface area (TPSA) is 95.9 Å². The normalized spacial score (nSPS) is 12.6. The molecule has 6 heteroatoms. The molecule has 3 N–H and O–H groups in total. The molecular formula is C56H109NO5. The maximum absolute atomic E-state index is 12.4. The van der Waals surface area contributed by atoms with Crippen LogP contribution in [0.15, 0.2) is 12.2 Å². The highest BCUT2D eigenvalue weighted by Gasteiger charge is 2.20. The largest absolute Gasteiger partial charge is 0.466 e. The van der Waals surface area contributed by atoms with Crippen LogP contribution in [0, 0.1) is 0 Å². The molecule has 0 heterocycles. The minimum Gasteiger partial charge on any atom is -0.466 e. The van der Waals surface area contributed by atoms with Crippen LogP contribution in [0.25, 0.3) is 0 Å². The van der Waals surface area contributed by atoms with Crippen molar-refractivity contribution in [2.45, 2.75) is 321 Å². The van der Waals surface area contributed by atoms with E-state index in [4.69, 9.17) is 4.74 Å². The van der Waals surface area contributed by atoms with E-state index in [0.717, 1.165) is 38.5 Å². The Balaban J connectivity index is 3.36. The van der Waals surface area contributed by atoms with Gasteiger partial charge in [0.2, 0.25) is 5.91 Å². The summed E-state index contributed by atoms with van der Waals surface area (Å²) in [6.07, 6.45) is 60.7. The SMILES string of the molecule is CCCCCCCCCCCCCC(=O)OCCCCCCCCCCCCCC/C=C\CCCCCCCCCCCC(=O)NC(CO)C(O)CCCCCCCCCCC. The zero-order valence-corrected chi connectivity index (χ0v) is 41.9. The molecule has 0 saturated carbocycles. The third-order valence-corrected chi connectivity index (χ3v) is 13.1. The lowest BCUT2D eigenvalue weighted by Crippen LogP contribution is -2.45. The van der Waals surface area contributed by atoms with Crippen LogP contribution in [0.2, 0.25) is 0 Å². The molecule has 0 fully saturated rings. The number of esters is 1. The van der Waals surface area contributed by atoms with Gasteiger partial charge in [-0.1, -0.05) is 257 Å². The first kappa shape index (κ1) is 60.6. The van der Waals surface area contributed by atoms with E-state index < -0.39 is 12.1 Å². The second-order valence-electron chi connectivity index (χ2n) is 19.3. The Bertz CT molecular complexity index is 924. The van der Waals surface area contributed by atoms with Crippen molar-refractivity contribution < 1.29 is 24.5 Å². The molecular weight excluding hydrogens is 767 g/mol. The molecule has 0 radical (unpaired) electrons. The summed E-state index contributed by atoms with van der Waals surface area (Å²) in [6, 6.07) is -0.540. The summed E-state index contributed by atoms with van der Waals surface area (Å²) in [5.41, 5.74) is 0. The van der Waals surface area contributed by atoms with Crippen LogP contribution in [0.3, 0.4) is 0 Å². The van der Waals surface area contributed by atoms with E-state index in [1.165, 1.54) is 238 Å². The quantitative estimate of drug-likeness (QED) is 0.0321. The minimum absolute atomic E-state index is 0.0132. The molecule has 0 aromatic rings. The van der Waals surface area contributed by atoms with Crippen molar-refractivity contribution in [1.29, 1.82) is 0 Å². The highest BCUT2D eigenvalue weighted by molar-refractivity contribution is 5.76. The van der Waals surface area contributed by atoms with E-state index in [2.05, 4.69) is 31.3 Å². The number of carbonyl (C=O) groups excluding carboxylic acids is 2. The van der Waals surface area contributed by atoms with Gasteiger partial charge in [-0.25, -0.2) is 0 Å². The highest BCUT2D eigenvalue weighted by Crippen LogP contribution is 2.17. The van der Waals surface area contributed by atoms with Crippen molar-refractivity contribution in [3.05, 3.63) is 12.2 Å². The number of amides is 1. The summed E-state index contributed by atoms with van der Waals surface area (Å²) < 4.78 is 5.46. The van der Waals surface area contributed by atoms with Crippen LogP contribution in [-0.4, -0.2) is 47.4 Å². The van der Waals surface area contributed by atoms with Crippen molar-refractivity contribution in [2.75, 3.05) is 13.2 Å². The van der Waals surface area contributed by atoms with E-state index in [1.54, 1.807) is 0 Å². The summed E-state index contributed by atoms with van der Waals surface area (Å²) in [4.78, 5) is 24.4. The molecule has 368 valence electrons. The van der Waals surface area contributed by atoms with Gasteiger partial charge in [-0.2, -0.15) is 0 Å². The van der Waals surface area contributed by atoms with Crippen LogP contribution in [-0.2, 0) is 14.3 Å². The Labute approximate surface area is 387 Å². The Kier molecular flexibility index (Phi) is 51.0. The first-order chi connectivity index (χ1) is 30.5. The van der Waals surface area contributed by atoms with Gasteiger partial charge in [0.05, 0.1) is 25.4 Å². The number of hydrogen-bond acceptors (Lipinski definition) is 5. The van der Waals surface area contributed by atoms with Gasteiger partial charge in [0.1, 0.15) is 0 Å². The van der Waals surface area contributed by atoms with Crippen LogP contribution < -0.4 is 5.32 Å². The summed E-state index contributed by atoms with van der Waals surface area (Å²) >= 11 is 0. The molecule has 0 saturated heterocycles. The average Bonchev–Trinajstić information content (AvgIpc) is 3.27. The summed E-state index contributed by atoms with van der Waals surface area (Å²) in [5, 5.41) is 23.1. The fraction of sp³-hybridized carbons (Fsp3) is 0.929. The Morgan fingerprint density at radius 2 is 0.758 bits per heavy atom. The minimum atomic E-state index is -0.663. The number of rotatable bonds is 52. The molecule has 1 amide bonds. The first-order valence-corrected chi connectivity index (χ1v) is 27.9. The standard InChI is InChI=1S/C56H109NO5/c1-3-5-7-9-11-13-29-34-38-42-46-50-56(61)62-51-47-43-39-35-31-28-26-24-22-20-18-16-14-15-17-19-21-23-25-27-30-33-37-41-45-49-55(60)57-53(52-58)54(59)48-44-40-36-32-12-10-8-6-4-2/h15,17,53-54,58-59H,3-14,16,18-52H2,1-2H3,(H,57,60)/b17-15-. The monoisotopic (exact) mass is 876 g/mol. The predicted octanol–water partition coefficient (Wildman–Crippen LogP) is 16.9. The number of allylic oxidation sites excluding steroid dienone is 2. The number of carbonyl (C=O) groups is 2. The molecule has 0 aromatic heterocycles. The Hall–Kier alpha value is -1.40. The molecule has 0 aromatic carbocycles. The zero-order valence-electron chi connectivity index (χ0n) is 41.9. The fourth-order valence-corrected chi connectivity index (χ4v) is 8.75. The number of aliphatic hydroxyl groups is 2. The zero-order chi connectivity index (χ0) is 45.1. The Morgan fingerprint density at radius 3 is 1.15 bits per heavy atom. The van der Waals surface area contributed by atoms with E-state index in [1.807, 2.05) is 0 Å². The Morgan fingerprint density at radius 1 is 0.435 bits per heavy atom. The van der Waals surface area contributed by atoms with Crippen LogP contribution in [0.5, 0.6) is 0 Å². The van der Waals surface area contributed by atoms with Crippen molar-refractivity contribution in [2.24, 2.45) is 0 Å². The summed E-state index contributed by atoms with van der Waals surface area (Å²) in [5.74, 6) is -0.0265. The van der Waals surface area contributed by atoms with Crippen LogP contribution >= 0.6 is 0 Å². The van der Waals surface area contributed by atoms with Gasteiger partial charge in [-0.05, 0) is 51.4 Å². The van der Waals surface area contributed by atoms with Gasteiger partial charge in [-0.15, -0.1) is 0 Å². The molecule has 0 bridgehead atoms. The molecule has 0 rings (SSSR count). The van der Waals surface area contributed by atoms with E-state index in [-0.39, 0.29) is 18.5 Å². The maximum atomic E-state index is 12.4. The van der Waals surface area contributed by atoms with Crippen molar-refractivity contribution in [3.63, 3.8) is 0 Å². The van der Waals surface area contributed by atoms with Gasteiger partial charge in [-0.3, -0.25) is 9.59 Å². The summed E-state index contributed by atoms with van der Waals surface area (Å²) in [6.45, 7) is 4.93. The number of unbranched alkanes of at least 4 members (excludes halogenated alkanes) is 39. The van der Waals surface area contributed by atoms with Gasteiger partial charge < -0.3 is 20.3 Å². The third-order valence-electron chi connectivity index (χ3n) is 13.1. The van der Waals surface area contributed by atoms with Gasteiger partial charge in [0.15, 0.2) is 0 Å². The van der Waals surface area contributed by atoms with Gasteiger partial charge >= 0.3 is 5.97 Å². The van der Waals surface area contributed by atoms with E-state index in [9.17, 15) is 19.8 Å². The summed E-state index contributed by atoms with van der Waals surface area (Å²) in [7, 11) is 0. The predicted molar refractivity (Wildman–Crippen MR) is 269 cm³/mol. The van der Waals surface area contributed by atoms with Crippen LogP contribution in [0.4, 0.5) is 0 Å². The molecule has 2 unspecified atom stereocenters. The number of nitrogens with one attached hydrogen (secondary N) is 1. The highest BCUT2D eigenvalue weighted by atomic mass is 16.5. The number of aliphatic hydroxyl groups excluding tert-OH is 2. The molecule has 2 atom stereocenters. The molecule has 0 aliphatic rings. The lowest BCUT2D eigenvalue weighted by atomic mass is 10.0. The fourth-order valence-electron chi connectivity index (χ4n) is 8.75. The molecule has 0 aliphatic carbocycles. The molecule has 62 heavy (non-hydrogen) atoms. The maximum Gasteiger partial charge on any atom is 0.305 e.